The molecule has 0 aliphatic carbocycles. The van der Waals surface area contributed by atoms with Crippen molar-refractivity contribution < 1.29 is 4.79 Å². The van der Waals surface area contributed by atoms with Crippen LogP contribution in [0.4, 0.5) is 5.82 Å². The van der Waals surface area contributed by atoms with Gasteiger partial charge in [0, 0.05) is 44.5 Å². The first kappa shape index (κ1) is 14.9. The highest BCUT2D eigenvalue weighted by molar-refractivity contribution is 5.94. The van der Waals surface area contributed by atoms with Gasteiger partial charge in [-0.2, -0.15) is 0 Å². The lowest BCUT2D eigenvalue weighted by Crippen LogP contribution is -2.48. The highest BCUT2D eigenvalue weighted by atomic mass is 16.2. The lowest BCUT2D eigenvalue weighted by atomic mass is 9.98. The van der Waals surface area contributed by atoms with Crippen LogP contribution in [0.3, 0.4) is 0 Å². The molecular weight excluding hydrogens is 288 g/mol. The molecular formula is C18H26N4O. The second-order valence-corrected chi connectivity index (χ2v) is 7.28. The maximum Gasteiger partial charge on any atom is 0.255 e. The highest BCUT2D eigenvalue weighted by Crippen LogP contribution is 2.30. The fourth-order valence-corrected chi connectivity index (χ4v) is 4.36. The van der Waals surface area contributed by atoms with Crippen LogP contribution in [0.15, 0.2) is 18.3 Å². The lowest BCUT2D eigenvalue weighted by Gasteiger charge is -2.35. The van der Waals surface area contributed by atoms with E-state index in [1.165, 1.54) is 25.7 Å². The van der Waals surface area contributed by atoms with E-state index in [1.807, 2.05) is 24.1 Å². The summed E-state index contributed by atoms with van der Waals surface area (Å²) in [7, 11) is 1.95. The molecule has 0 saturated carbocycles. The third-order valence-electron chi connectivity index (χ3n) is 5.74. The van der Waals surface area contributed by atoms with E-state index in [2.05, 4.69) is 15.2 Å². The van der Waals surface area contributed by atoms with Gasteiger partial charge in [0.05, 0.1) is 5.56 Å². The number of hydrogen-bond donors (Lipinski definition) is 1. The van der Waals surface area contributed by atoms with Gasteiger partial charge in [-0.3, -0.25) is 4.79 Å². The summed E-state index contributed by atoms with van der Waals surface area (Å²) < 4.78 is 0. The third kappa shape index (κ3) is 2.94. The van der Waals surface area contributed by atoms with Crippen molar-refractivity contribution in [3.8, 4) is 0 Å². The molecule has 1 aromatic rings. The summed E-state index contributed by atoms with van der Waals surface area (Å²) >= 11 is 0. The number of nitrogens with one attached hydrogen (secondary N) is 1. The number of pyridine rings is 1. The van der Waals surface area contributed by atoms with E-state index in [0.29, 0.717) is 23.7 Å². The number of nitrogens with zero attached hydrogens (tertiary/aromatic N) is 3. The summed E-state index contributed by atoms with van der Waals surface area (Å²) in [6.45, 7) is 2.16. The number of aromatic nitrogens is 1. The molecule has 0 spiro atoms. The van der Waals surface area contributed by atoms with Gasteiger partial charge in [-0.15, -0.1) is 0 Å². The number of carbonyl (C=O) groups excluding carboxylic acids is 1. The molecule has 3 aliphatic heterocycles. The molecule has 4 rings (SSSR count). The van der Waals surface area contributed by atoms with Crippen LogP contribution in [0.5, 0.6) is 0 Å². The first-order valence-electron chi connectivity index (χ1n) is 8.95. The minimum atomic E-state index is 0.108. The van der Waals surface area contributed by atoms with Crippen molar-refractivity contribution in [2.75, 3.05) is 25.0 Å². The fourth-order valence-electron chi connectivity index (χ4n) is 4.36. The Hall–Kier alpha value is -1.62. The molecule has 5 nitrogen and oxygen atoms in total. The summed E-state index contributed by atoms with van der Waals surface area (Å²) in [5, 5.41) is 3.64. The summed E-state index contributed by atoms with van der Waals surface area (Å²) in [5.74, 6) is 1.11. The predicted molar refractivity (Wildman–Crippen MR) is 90.7 cm³/mol. The number of fused-ring (bicyclic) bond motifs is 2. The molecule has 5 heteroatoms. The molecule has 3 fully saturated rings. The van der Waals surface area contributed by atoms with Gasteiger partial charge in [0.2, 0.25) is 0 Å². The predicted octanol–water partition coefficient (Wildman–Crippen LogP) is 2.04. The second kappa shape index (κ2) is 6.11. The number of hydrogen-bond acceptors (Lipinski definition) is 4. The minimum Gasteiger partial charge on any atom is -0.357 e. The first-order chi connectivity index (χ1) is 11.2. The number of amides is 1. The van der Waals surface area contributed by atoms with Crippen LogP contribution in [-0.4, -0.2) is 54.1 Å². The van der Waals surface area contributed by atoms with Gasteiger partial charge >= 0.3 is 0 Å². The maximum absolute atomic E-state index is 12.8. The van der Waals surface area contributed by atoms with Gasteiger partial charge < -0.3 is 15.1 Å². The van der Waals surface area contributed by atoms with Crippen LogP contribution < -0.4 is 10.2 Å². The monoisotopic (exact) mass is 314 g/mol. The van der Waals surface area contributed by atoms with Crippen LogP contribution >= 0.6 is 0 Å². The summed E-state index contributed by atoms with van der Waals surface area (Å²) in [5.41, 5.74) is 0.710. The number of rotatable bonds is 3. The molecule has 3 saturated heterocycles. The van der Waals surface area contributed by atoms with Crippen molar-refractivity contribution >= 4 is 11.7 Å². The molecule has 23 heavy (non-hydrogen) atoms. The fraction of sp³-hybridized carbons (Fsp3) is 0.667. The Kier molecular flexibility index (Phi) is 3.97. The zero-order valence-electron chi connectivity index (χ0n) is 13.9. The van der Waals surface area contributed by atoms with Crippen molar-refractivity contribution in [1.82, 2.24) is 15.2 Å². The van der Waals surface area contributed by atoms with Crippen molar-refractivity contribution in [3.05, 3.63) is 23.9 Å². The highest BCUT2D eigenvalue weighted by Gasteiger charge is 2.36. The SMILES string of the molecule is CN(C(=O)c1ccc(N2CCCC2)nc1)C1CC2CCC(C1)N2. The van der Waals surface area contributed by atoms with Crippen LogP contribution in [0.25, 0.3) is 0 Å². The standard InChI is InChI=1S/C18H26N4O/c1-21(16-10-14-5-6-15(11-16)20-14)18(23)13-4-7-17(19-12-13)22-8-2-3-9-22/h4,7,12,14-16,20H,2-3,5-6,8-11H2,1H3. The molecule has 1 N–H and O–H groups in total. The van der Waals surface area contributed by atoms with E-state index in [-0.39, 0.29) is 5.91 Å². The first-order valence-corrected chi connectivity index (χ1v) is 8.95. The Morgan fingerprint density at radius 3 is 2.52 bits per heavy atom. The van der Waals surface area contributed by atoms with E-state index in [1.54, 1.807) is 6.20 Å². The number of carbonyl (C=O) groups is 1. The molecule has 1 amide bonds. The maximum atomic E-state index is 12.8. The molecule has 1 aromatic heterocycles. The Morgan fingerprint density at radius 2 is 1.91 bits per heavy atom. The van der Waals surface area contributed by atoms with Gasteiger partial charge in [-0.1, -0.05) is 0 Å². The van der Waals surface area contributed by atoms with Crippen molar-refractivity contribution in [3.63, 3.8) is 0 Å². The second-order valence-electron chi connectivity index (χ2n) is 7.28. The summed E-state index contributed by atoms with van der Waals surface area (Å²) in [6.07, 6.45) is 8.91. The van der Waals surface area contributed by atoms with Crippen LogP contribution in [0, 0.1) is 0 Å². The van der Waals surface area contributed by atoms with Gasteiger partial charge in [-0.25, -0.2) is 4.98 Å². The zero-order valence-corrected chi connectivity index (χ0v) is 13.9. The van der Waals surface area contributed by atoms with E-state index < -0.39 is 0 Å². The lowest BCUT2D eigenvalue weighted by molar-refractivity contribution is 0.0681. The average molecular weight is 314 g/mol. The van der Waals surface area contributed by atoms with Crippen LogP contribution in [0.2, 0.25) is 0 Å². The molecule has 0 aromatic carbocycles. The number of piperidine rings is 1. The molecule has 2 unspecified atom stereocenters. The average Bonchev–Trinajstić information content (AvgIpc) is 3.23. The number of anilines is 1. The molecule has 0 radical (unpaired) electrons. The van der Waals surface area contributed by atoms with Crippen molar-refractivity contribution in [2.45, 2.75) is 56.7 Å². The zero-order chi connectivity index (χ0) is 15.8. The quantitative estimate of drug-likeness (QED) is 0.927. The van der Waals surface area contributed by atoms with Crippen LogP contribution in [0.1, 0.15) is 48.9 Å². The van der Waals surface area contributed by atoms with Gasteiger partial charge in [0.15, 0.2) is 0 Å². The Labute approximate surface area is 138 Å². The molecule has 124 valence electrons. The minimum absolute atomic E-state index is 0.108. The third-order valence-corrected chi connectivity index (χ3v) is 5.74. The Bertz CT molecular complexity index is 555. The molecule has 2 bridgehead atoms. The summed E-state index contributed by atoms with van der Waals surface area (Å²) in [6, 6.07) is 5.50. The van der Waals surface area contributed by atoms with E-state index in [0.717, 1.165) is 31.7 Å². The Morgan fingerprint density at radius 1 is 1.22 bits per heavy atom. The van der Waals surface area contributed by atoms with E-state index >= 15 is 0 Å². The van der Waals surface area contributed by atoms with Gasteiger partial charge in [-0.05, 0) is 50.7 Å². The van der Waals surface area contributed by atoms with E-state index in [4.69, 9.17) is 0 Å². The van der Waals surface area contributed by atoms with Crippen molar-refractivity contribution in [2.24, 2.45) is 0 Å². The van der Waals surface area contributed by atoms with Crippen LogP contribution in [-0.2, 0) is 0 Å². The largest absolute Gasteiger partial charge is 0.357 e. The van der Waals surface area contributed by atoms with E-state index in [9.17, 15) is 4.79 Å². The Balaban J connectivity index is 1.43. The summed E-state index contributed by atoms with van der Waals surface area (Å²) in [4.78, 5) is 21.5. The topological polar surface area (TPSA) is 48.5 Å². The molecule has 4 heterocycles. The molecule has 2 atom stereocenters. The normalized spacial score (nSPS) is 29.8. The van der Waals surface area contributed by atoms with Gasteiger partial charge in [0.1, 0.15) is 5.82 Å². The smallest absolute Gasteiger partial charge is 0.255 e. The van der Waals surface area contributed by atoms with Gasteiger partial charge in [0.25, 0.3) is 5.91 Å². The van der Waals surface area contributed by atoms with Crippen molar-refractivity contribution in [1.29, 1.82) is 0 Å². The molecule has 3 aliphatic rings.